The van der Waals surface area contributed by atoms with E-state index in [1.807, 2.05) is 24.3 Å². The van der Waals surface area contributed by atoms with Crippen LogP contribution in [0.5, 0.6) is 5.75 Å². The number of carbonyl (C=O) groups is 1. The van der Waals surface area contributed by atoms with Crippen molar-refractivity contribution in [2.75, 3.05) is 65.0 Å². The second-order valence-electron chi connectivity index (χ2n) is 6.64. The standard InChI is InChI=1S/C19H27N5O4/c1-23(14-17(25)20-8-3-9-24-10-12-27-13-11-24)19-21-18(22-28-19)15-4-6-16(26-2)7-5-15/h4-7H,3,8-14H2,1-2H3,(H,20,25). The normalized spacial score (nSPS) is 14.6. The summed E-state index contributed by atoms with van der Waals surface area (Å²) in [4.78, 5) is 20.5. The van der Waals surface area contributed by atoms with Crippen LogP contribution in [0.2, 0.25) is 0 Å². The Hall–Kier alpha value is -2.65. The van der Waals surface area contributed by atoms with Crippen LogP contribution in [0.1, 0.15) is 6.42 Å². The fraction of sp³-hybridized carbons (Fsp3) is 0.526. The van der Waals surface area contributed by atoms with Crippen molar-refractivity contribution in [2.24, 2.45) is 0 Å². The fourth-order valence-corrected chi connectivity index (χ4v) is 2.92. The van der Waals surface area contributed by atoms with Crippen molar-refractivity contribution < 1.29 is 18.8 Å². The molecule has 1 amide bonds. The van der Waals surface area contributed by atoms with Gasteiger partial charge in [-0.05, 0) is 37.2 Å². The maximum absolute atomic E-state index is 12.1. The smallest absolute Gasteiger partial charge is 0.324 e. The van der Waals surface area contributed by atoms with Gasteiger partial charge in [0.05, 0.1) is 20.3 Å². The molecule has 0 atom stereocenters. The number of ether oxygens (including phenoxy) is 2. The highest BCUT2D eigenvalue weighted by Gasteiger charge is 2.15. The summed E-state index contributed by atoms with van der Waals surface area (Å²) < 4.78 is 15.7. The number of anilines is 1. The predicted octanol–water partition coefficient (Wildman–Crippen LogP) is 1.02. The Balaban J connectivity index is 1.41. The zero-order chi connectivity index (χ0) is 19.8. The number of methoxy groups -OCH3 is 1. The highest BCUT2D eigenvalue weighted by molar-refractivity contribution is 5.80. The Bertz CT molecular complexity index is 743. The lowest BCUT2D eigenvalue weighted by molar-refractivity contribution is -0.119. The van der Waals surface area contributed by atoms with Crippen LogP contribution < -0.4 is 15.0 Å². The van der Waals surface area contributed by atoms with Gasteiger partial charge >= 0.3 is 6.01 Å². The molecule has 28 heavy (non-hydrogen) atoms. The number of nitrogens with zero attached hydrogens (tertiary/aromatic N) is 4. The second-order valence-corrected chi connectivity index (χ2v) is 6.64. The van der Waals surface area contributed by atoms with E-state index in [0.717, 1.165) is 50.6 Å². The van der Waals surface area contributed by atoms with Gasteiger partial charge in [0, 0.05) is 32.2 Å². The molecular weight excluding hydrogens is 362 g/mol. The van der Waals surface area contributed by atoms with Crippen LogP contribution in [0.25, 0.3) is 11.4 Å². The molecule has 1 aromatic heterocycles. The number of likely N-dealkylation sites (N-methyl/N-ethyl adjacent to an activating group) is 1. The first-order chi connectivity index (χ1) is 13.7. The summed E-state index contributed by atoms with van der Waals surface area (Å²) in [6.07, 6.45) is 0.914. The van der Waals surface area contributed by atoms with E-state index in [2.05, 4.69) is 20.4 Å². The van der Waals surface area contributed by atoms with Crippen molar-refractivity contribution in [1.82, 2.24) is 20.4 Å². The van der Waals surface area contributed by atoms with Gasteiger partial charge in [0.1, 0.15) is 12.3 Å². The number of rotatable bonds is 9. The molecule has 1 aliphatic rings. The molecule has 1 saturated heterocycles. The van der Waals surface area contributed by atoms with E-state index in [4.69, 9.17) is 14.0 Å². The lowest BCUT2D eigenvalue weighted by atomic mass is 10.2. The molecular formula is C19H27N5O4. The third-order valence-corrected chi connectivity index (χ3v) is 4.55. The third-order valence-electron chi connectivity index (χ3n) is 4.55. The molecule has 1 aromatic carbocycles. The molecule has 2 heterocycles. The topological polar surface area (TPSA) is 93.0 Å². The number of morpholine rings is 1. The summed E-state index contributed by atoms with van der Waals surface area (Å²) in [5.74, 6) is 1.15. The van der Waals surface area contributed by atoms with Gasteiger partial charge in [0.15, 0.2) is 0 Å². The molecule has 0 spiro atoms. The number of nitrogens with one attached hydrogen (secondary N) is 1. The molecule has 0 bridgehead atoms. The molecule has 9 heteroatoms. The average Bonchev–Trinajstić information content (AvgIpc) is 3.22. The van der Waals surface area contributed by atoms with Crippen molar-refractivity contribution in [3.8, 4) is 17.1 Å². The summed E-state index contributed by atoms with van der Waals surface area (Å²) in [6, 6.07) is 7.68. The van der Waals surface area contributed by atoms with Crippen LogP contribution in [-0.2, 0) is 9.53 Å². The minimum atomic E-state index is -0.0753. The minimum Gasteiger partial charge on any atom is -0.497 e. The average molecular weight is 389 g/mol. The maximum atomic E-state index is 12.1. The van der Waals surface area contributed by atoms with Crippen molar-refractivity contribution >= 4 is 11.9 Å². The lowest BCUT2D eigenvalue weighted by Gasteiger charge is -2.26. The number of hydrogen-bond acceptors (Lipinski definition) is 8. The Morgan fingerprint density at radius 2 is 2.04 bits per heavy atom. The molecule has 1 N–H and O–H groups in total. The predicted molar refractivity (Wildman–Crippen MR) is 104 cm³/mol. The molecule has 1 fully saturated rings. The Morgan fingerprint density at radius 1 is 1.29 bits per heavy atom. The van der Waals surface area contributed by atoms with E-state index >= 15 is 0 Å². The number of hydrogen-bond donors (Lipinski definition) is 1. The van der Waals surface area contributed by atoms with Gasteiger partial charge in [0.25, 0.3) is 0 Å². The number of aromatic nitrogens is 2. The van der Waals surface area contributed by atoms with Crippen molar-refractivity contribution in [3.63, 3.8) is 0 Å². The summed E-state index contributed by atoms with van der Waals surface area (Å²) in [6.45, 7) is 5.27. The zero-order valence-electron chi connectivity index (χ0n) is 16.4. The SMILES string of the molecule is COc1ccc(-c2noc(N(C)CC(=O)NCCCN3CCOCC3)n2)cc1. The molecule has 1 aliphatic heterocycles. The van der Waals surface area contributed by atoms with Gasteiger partial charge in [0.2, 0.25) is 11.7 Å². The van der Waals surface area contributed by atoms with Crippen LogP contribution >= 0.6 is 0 Å². The quantitative estimate of drug-likeness (QED) is 0.636. The molecule has 9 nitrogen and oxygen atoms in total. The monoisotopic (exact) mass is 389 g/mol. The summed E-state index contributed by atoms with van der Waals surface area (Å²) in [5.41, 5.74) is 0.816. The summed E-state index contributed by atoms with van der Waals surface area (Å²) in [7, 11) is 3.36. The highest BCUT2D eigenvalue weighted by atomic mass is 16.5. The first-order valence-corrected chi connectivity index (χ1v) is 9.42. The summed E-state index contributed by atoms with van der Waals surface area (Å²) >= 11 is 0. The second kappa shape index (κ2) is 10.0. The van der Waals surface area contributed by atoms with Crippen molar-refractivity contribution in [1.29, 1.82) is 0 Å². The van der Waals surface area contributed by atoms with Gasteiger partial charge in [-0.3, -0.25) is 9.69 Å². The van der Waals surface area contributed by atoms with Gasteiger partial charge in [-0.25, -0.2) is 0 Å². The van der Waals surface area contributed by atoms with Crippen molar-refractivity contribution in [3.05, 3.63) is 24.3 Å². The largest absolute Gasteiger partial charge is 0.497 e. The zero-order valence-corrected chi connectivity index (χ0v) is 16.4. The van der Waals surface area contributed by atoms with Crippen LogP contribution in [0.15, 0.2) is 28.8 Å². The molecule has 0 saturated carbocycles. The van der Waals surface area contributed by atoms with E-state index in [-0.39, 0.29) is 12.5 Å². The molecule has 0 aliphatic carbocycles. The van der Waals surface area contributed by atoms with E-state index in [1.165, 1.54) is 0 Å². The van der Waals surface area contributed by atoms with Crippen molar-refractivity contribution in [2.45, 2.75) is 6.42 Å². The lowest BCUT2D eigenvalue weighted by Crippen LogP contribution is -2.39. The Morgan fingerprint density at radius 3 is 2.75 bits per heavy atom. The van der Waals surface area contributed by atoms with E-state index in [9.17, 15) is 4.79 Å². The molecule has 3 rings (SSSR count). The Labute approximate surface area is 164 Å². The molecule has 2 aromatic rings. The van der Waals surface area contributed by atoms with Crippen LogP contribution in [0, 0.1) is 0 Å². The molecule has 0 unspecified atom stereocenters. The molecule has 0 radical (unpaired) electrons. The van der Waals surface area contributed by atoms with Crippen LogP contribution in [-0.4, -0.2) is 81.0 Å². The first-order valence-electron chi connectivity index (χ1n) is 9.42. The first kappa shape index (κ1) is 20.1. The fourth-order valence-electron chi connectivity index (χ4n) is 2.92. The van der Waals surface area contributed by atoms with Gasteiger partial charge in [-0.2, -0.15) is 4.98 Å². The van der Waals surface area contributed by atoms with E-state index in [0.29, 0.717) is 18.4 Å². The number of benzene rings is 1. The van der Waals surface area contributed by atoms with E-state index in [1.54, 1.807) is 19.1 Å². The van der Waals surface area contributed by atoms with Gasteiger partial charge < -0.3 is 24.2 Å². The number of carbonyl (C=O) groups excluding carboxylic acids is 1. The third kappa shape index (κ3) is 5.67. The molecule has 152 valence electrons. The highest BCUT2D eigenvalue weighted by Crippen LogP contribution is 2.21. The van der Waals surface area contributed by atoms with Crippen LogP contribution in [0.4, 0.5) is 6.01 Å². The van der Waals surface area contributed by atoms with Gasteiger partial charge in [-0.1, -0.05) is 5.16 Å². The Kier molecular flexibility index (Phi) is 7.21. The van der Waals surface area contributed by atoms with Crippen LogP contribution in [0.3, 0.4) is 0 Å². The van der Waals surface area contributed by atoms with E-state index < -0.39 is 0 Å². The number of amides is 1. The maximum Gasteiger partial charge on any atom is 0.324 e. The summed E-state index contributed by atoms with van der Waals surface area (Å²) in [5, 5.41) is 6.91. The minimum absolute atomic E-state index is 0.0753. The van der Waals surface area contributed by atoms with Gasteiger partial charge in [-0.15, -0.1) is 0 Å².